The minimum atomic E-state index is -0.0463. The zero-order valence-electron chi connectivity index (χ0n) is 9.24. The van der Waals surface area contributed by atoms with Crippen LogP contribution in [0, 0.1) is 23.7 Å². The van der Waals surface area contributed by atoms with E-state index >= 15 is 0 Å². The molecule has 1 saturated heterocycles. The van der Waals surface area contributed by atoms with E-state index in [1.807, 2.05) is 0 Å². The van der Waals surface area contributed by atoms with Gasteiger partial charge >= 0.3 is 5.97 Å². The van der Waals surface area contributed by atoms with Crippen LogP contribution in [0.25, 0.3) is 0 Å². The maximum Gasteiger partial charge on any atom is 0.323 e. The zero-order valence-corrected chi connectivity index (χ0v) is 9.24. The summed E-state index contributed by atoms with van der Waals surface area (Å²) in [6.07, 6.45) is 5.45. The van der Waals surface area contributed by atoms with E-state index in [0.717, 1.165) is 24.3 Å². The summed E-state index contributed by atoms with van der Waals surface area (Å²) >= 11 is 0. The molecule has 3 nitrogen and oxygen atoms in total. The van der Waals surface area contributed by atoms with Crippen molar-refractivity contribution in [2.24, 2.45) is 23.7 Å². The molecule has 3 heteroatoms. The topological polar surface area (TPSA) is 38.3 Å². The molecular weight excluding hydrogens is 190 g/mol. The van der Waals surface area contributed by atoms with Crippen molar-refractivity contribution < 1.29 is 9.53 Å². The van der Waals surface area contributed by atoms with Crippen molar-refractivity contribution in [1.82, 2.24) is 5.32 Å². The SMILES string of the molecule is COC(=O)[C@H]1NC[C@@H]2C3CCC(CC3)[C@H]12. The zero-order chi connectivity index (χ0) is 10.4. The lowest BCUT2D eigenvalue weighted by Gasteiger charge is -2.46. The molecule has 0 amide bonds. The molecule has 4 aliphatic rings. The van der Waals surface area contributed by atoms with Crippen molar-refractivity contribution in [3.05, 3.63) is 0 Å². The van der Waals surface area contributed by atoms with Crippen LogP contribution >= 0.6 is 0 Å². The van der Waals surface area contributed by atoms with Crippen LogP contribution in [0.15, 0.2) is 0 Å². The molecule has 0 aromatic rings. The van der Waals surface area contributed by atoms with Gasteiger partial charge in [0.05, 0.1) is 7.11 Å². The number of hydrogen-bond acceptors (Lipinski definition) is 3. The summed E-state index contributed by atoms with van der Waals surface area (Å²) in [5.41, 5.74) is 0. The van der Waals surface area contributed by atoms with Crippen LogP contribution in [-0.4, -0.2) is 25.7 Å². The number of esters is 1. The molecular formula is C12H19NO2. The molecule has 3 atom stereocenters. The van der Waals surface area contributed by atoms with E-state index in [1.54, 1.807) is 0 Å². The second kappa shape index (κ2) is 3.48. The van der Waals surface area contributed by atoms with Crippen LogP contribution in [-0.2, 0) is 9.53 Å². The summed E-state index contributed by atoms with van der Waals surface area (Å²) in [6, 6.07) is -0.00639. The number of carbonyl (C=O) groups is 1. The van der Waals surface area contributed by atoms with E-state index in [4.69, 9.17) is 4.74 Å². The fourth-order valence-electron chi connectivity index (χ4n) is 4.21. The number of hydrogen-bond donors (Lipinski definition) is 1. The van der Waals surface area contributed by atoms with Crippen LogP contribution < -0.4 is 5.32 Å². The van der Waals surface area contributed by atoms with Crippen LogP contribution in [0.1, 0.15) is 25.7 Å². The smallest absolute Gasteiger partial charge is 0.323 e. The van der Waals surface area contributed by atoms with E-state index in [2.05, 4.69) is 5.32 Å². The van der Waals surface area contributed by atoms with Gasteiger partial charge in [-0.1, -0.05) is 0 Å². The number of nitrogens with one attached hydrogen (secondary N) is 1. The molecule has 0 radical (unpaired) electrons. The van der Waals surface area contributed by atoms with Gasteiger partial charge in [-0.25, -0.2) is 0 Å². The average Bonchev–Trinajstić information content (AvgIpc) is 2.76. The lowest BCUT2D eigenvalue weighted by atomic mass is 9.58. The molecule has 0 unspecified atom stereocenters. The first-order valence-corrected chi connectivity index (χ1v) is 6.12. The molecule has 0 spiro atoms. The summed E-state index contributed by atoms with van der Waals surface area (Å²) in [6.45, 7) is 1.03. The fourth-order valence-corrected chi connectivity index (χ4v) is 4.21. The van der Waals surface area contributed by atoms with Crippen molar-refractivity contribution >= 4 is 5.97 Å². The van der Waals surface area contributed by atoms with Gasteiger partial charge in [0.15, 0.2) is 0 Å². The van der Waals surface area contributed by atoms with Crippen molar-refractivity contribution in [3.63, 3.8) is 0 Å². The Morgan fingerprint density at radius 2 is 1.87 bits per heavy atom. The quantitative estimate of drug-likeness (QED) is 0.659. The van der Waals surface area contributed by atoms with Gasteiger partial charge in [-0.15, -0.1) is 0 Å². The van der Waals surface area contributed by atoms with Gasteiger partial charge in [-0.2, -0.15) is 0 Å². The summed E-state index contributed by atoms with van der Waals surface area (Å²) in [5.74, 6) is 2.93. The molecule has 4 rings (SSSR count). The minimum Gasteiger partial charge on any atom is -0.468 e. The maximum absolute atomic E-state index is 11.7. The van der Waals surface area contributed by atoms with Crippen LogP contribution in [0.5, 0.6) is 0 Å². The van der Waals surface area contributed by atoms with E-state index < -0.39 is 0 Å². The molecule has 1 heterocycles. The lowest BCUT2D eigenvalue weighted by Crippen LogP contribution is -2.45. The van der Waals surface area contributed by atoms with Crippen LogP contribution in [0.4, 0.5) is 0 Å². The van der Waals surface area contributed by atoms with Gasteiger partial charge in [0.25, 0.3) is 0 Å². The molecule has 1 aliphatic heterocycles. The molecule has 15 heavy (non-hydrogen) atoms. The highest BCUT2D eigenvalue weighted by molar-refractivity contribution is 5.76. The summed E-state index contributed by atoms with van der Waals surface area (Å²) in [7, 11) is 1.50. The molecule has 2 bridgehead atoms. The highest BCUT2D eigenvalue weighted by Crippen LogP contribution is 2.52. The Balaban J connectivity index is 1.83. The molecule has 3 aliphatic carbocycles. The third-order valence-electron chi connectivity index (χ3n) is 4.87. The Hall–Kier alpha value is -0.570. The van der Waals surface area contributed by atoms with Gasteiger partial charge < -0.3 is 10.1 Å². The van der Waals surface area contributed by atoms with E-state index in [9.17, 15) is 4.79 Å². The van der Waals surface area contributed by atoms with Crippen molar-refractivity contribution in [2.45, 2.75) is 31.7 Å². The first kappa shape index (κ1) is 9.64. The predicted molar refractivity (Wildman–Crippen MR) is 56.2 cm³/mol. The van der Waals surface area contributed by atoms with Crippen molar-refractivity contribution in [1.29, 1.82) is 0 Å². The monoisotopic (exact) mass is 209 g/mol. The average molecular weight is 209 g/mol. The second-order valence-electron chi connectivity index (χ2n) is 5.33. The minimum absolute atomic E-state index is 0.00639. The van der Waals surface area contributed by atoms with Gasteiger partial charge in [-0.05, 0) is 55.9 Å². The molecule has 0 aromatic heterocycles. The summed E-state index contributed by atoms with van der Waals surface area (Å²) < 4.78 is 4.89. The number of methoxy groups -OCH3 is 1. The molecule has 4 fully saturated rings. The Morgan fingerprint density at radius 1 is 1.20 bits per heavy atom. The van der Waals surface area contributed by atoms with Crippen LogP contribution in [0.3, 0.4) is 0 Å². The van der Waals surface area contributed by atoms with Gasteiger partial charge in [-0.3, -0.25) is 4.79 Å². The molecule has 84 valence electrons. The first-order valence-electron chi connectivity index (χ1n) is 6.12. The maximum atomic E-state index is 11.7. The summed E-state index contributed by atoms with van der Waals surface area (Å²) in [4.78, 5) is 11.7. The normalized spacial score (nSPS) is 47.7. The number of fused-ring (bicyclic) bond motifs is 2. The highest BCUT2D eigenvalue weighted by atomic mass is 16.5. The van der Waals surface area contributed by atoms with E-state index in [-0.39, 0.29) is 12.0 Å². The Bertz CT molecular complexity index is 271. The standard InChI is InChI=1S/C12H19NO2/c1-15-12(14)11-10-8-4-2-7(3-5-8)9(10)6-13-11/h7-11,13H,2-6H2,1H3/t7?,8?,9-,10+,11+/m1/s1. The number of carbonyl (C=O) groups excluding carboxylic acids is 1. The molecule has 3 saturated carbocycles. The lowest BCUT2D eigenvalue weighted by molar-refractivity contribution is -0.145. The highest BCUT2D eigenvalue weighted by Gasteiger charge is 2.52. The van der Waals surface area contributed by atoms with Crippen molar-refractivity contribution in [2.75, 3.05) is 13.7 Å². The number of ether oxygens (including phenoxy) is 1. The van der Waals surface area contributed by atoms with E-state index in [0.29, 0.717) is 5.92 Å². The Kier molecular flexibility index (Phi) is 2.23. The fraction of sp³-hybridized carbons (Fsp3) is 0.917. The molecule has 0 aromatic carbocycles. The molecule has 1 N–H and O–H groups in total. The second-order valence-corrected chi connectivity index (χ2v) is 5.33. The Labute approximate surface area is 90.6 Å². The predicted octanol–water partition coefficient (Wildman–Crippen LogP) is 1.18. The van der Waals surface area contributed by atoms with E-state index in [1.165, 1.54) is 32.8 Å². The third kappa shape index (κ3) is 1.32. The summed E-state index contributed by atoms with van der Waals surface area (Å²) in [5, 5.41) is 3.38. The first-order chi connectivity index (χ1) is 7.31. The van der Waals surface area contributed by atoms with Gasteiger partial charge in [0.1, 0.15) is 6.04 Å². The largest absolute Gasteiger partial charge is 0.468 e. The van der Waals surface area contributed by atoms with Gasteiger partial charge in [0, 0.05) is 0 Å². The van der Waals surface area contributed by atoms with Crippen LogP contribution in [0.2, 0.25) is 0 Å². The van der Waals surface area contributed by atoms with Crippen molar-refractivity contribution in [3.8, 4) is 0 Å². The third-order valence-corrected chi connectivity index (χ3v) is 4.87. The van der Waals surface area contributed by atoms with Gasteiger partial charge in [0.2, 0.25) is 0 Å². The number of rotatable bonds is 1. The Morgan fingerprint density at radius 3 is 2.53 bits per heavy atom.